The highest BCUT2D eigenvalue weighted by molar-refractivity contribution is 8.06. The number of hydrogen-bond donors (Lipinski definition) is 3. The molecule has 0 aromatic rings. The topological polar surface area (TPSA) is 98.7 Å². The Morgan fingerprint density at radius 2 is 1.74 bits per heavy atom. The highest BCUT2D eigenvalue weighted by atomic mass is 35.5. The first kappa shape index (κ1) is 31.6. The van der Waals surface area contributed by atoms with Crippen molar-refractivity contribution in [1.82, 2.24) is 15.5 Å². The fourth-order valence-electron chi connectivity index (χ4n) is 2.58. The number of carbonyl (C=O) groups is 3. The second-order valence-corrected chi connectivity index (χ2v) is 8.83. The van der Waals surface area contributed by atoms with Gasteiger partial charge in [0.1, 0.15) is 6.04 Å². The van der Waals surface area contributed by atoms with Gasteiger partial charge in [-0.25, -0.2) is 4.79 Å². The second-order valence-electron chi connectivity index (χ2n) is 6.86. The van der Waals surface area contributed by atoms with Crippen LogP contribution in [0.5, 0.6) is 0 Å². The summed E-state index contributed by atoms with van der Waals surface area (Å²) in [7, 11) is 0. The van der Waals surface area contributed by atoms with Crippen LogP contribution in [-0.4, -0.2) is 53.5 Å². The summed E-state index contributed by atoms with van der Waals surface area (Å²) in [5, 5.41) is 16.6. The van der Waals surface area contributed by atoms with Crippen molar-refractivity contribution in [2.75, 3.05) is 19.6 Å². The molecule has 0 saturated heterocycles. The van der Waals surface area contributed by atoms with E-state index in [9.17, 15) is 19.5 Å². The number of carboxylic acids is 1. The van der Waals surface area contributed by atoms with Crippen LogP contribution >= 0.6 is 35.0 Å². The third-order valence-corrected chi connectivity index (χ3v) is 5.93. The highest BCUT2D eigenvalue weighted by Crippen LogP contribution is 2.24. The van der Waals surface area contributed by atoms with Gasteiger partial charge in [-0.05, 0) is 46.1 Å². The Bertz CT molecular complexity index is 915. The largest absolute Gasteiger partial charge is 0.480 e. The molecule has 0 aromatic heterocycles. The maximum atomic E-state index is 12.9. The number of amides is 2. The number of aliphatic carboxylic acids is 1. The minimum atomic E-state index is -1.31. The number of thioether (sulfide) groups is 1. The molecule has 0 aliphatic heterocycles. The lowest BCUT2D eigenvalue weighted by atomic mass is 10.1. The van der Waals surface area contributed by atoms with Gasteiger partial charge in [-0.3, -0.25) is 9.59 Å². The van der Waals surface area contributed by atoms with Gasteiger partial charge in [-0.1, -0.05) is 60.3 Å². The van der Waals surface area contributed by atoms with E-state index < -0.39 is 17.9 Å². The number of rotatable bonds is 14. The fraction of sp³-hybridized carbons (Fsp3) is 0.375. The van der Waals surface area contributed by atoms with Crippen LogP contribution in [0.3, 0.4) is 0 Å². The van der Waals surface area contributed by atoms with Crippen LogP contribution in [0.25, 0.3) is 0 Å². The molecule has 2 amide bonds. The zero-order valence-electron chi connectivity index (χ0n) is 20.2. The van der Waals surface area contributed by atoms with Crippen molar-refractivity contribution in [2.45, 2.75) is 40.7 Å². The van der Waals surface area contributed by atoms with E-state index in [4.69, 9.17) is 23.2 Å². The minimum absolute atomic E-state index is 0.0436. The Labute approximate surface area is 216 Å². The molecule has 0 spiro atoms. The van der Waals surface area contributed by atoms with Gasteiger partial charge >= 0.3 is 5.97 Å². The molecule has 1 atom stereocenters. The lowest BCUT2D eigenvalue weighted by molar-refractivity contribution is -0.141. The van der Waals surface area contributed by atoms with E-state index in [1.54, 1.807) is 17.9 Å². The normalized spacial score (nSPS) is 13.7. The van der Waals surface area contributed by atoms with E-state index in [1.165, 1.54) is 24.8 Å². The standard InChI is InChI=1S/C24H33Cl2N3O4S/c1-8-12-34-17(7)16(6)27-14-20(24(32)33)28-22(30)21(15(5)25)19(26)13-18(9-2)23(31)29(10-3)11-4/h8-9,12-13,20,27H,6-7,10-11,14H2,1-5H3,(H,28,30)(H,32,33)/b12-8-,18-9-,19-13+,21-15-. The number of nitrogens with one attached hydrogen (secondary N) is 2. The van der Waals surface area contributed by atoms with Crippen molar-refractivity contribution in [2.24, 2.45) is 0 Å². The summed E-state index contributed by atoms with van der Waals surface area (Å²) in [6, 6.07) is -1.31. The van der Waals surface area contributed by atoms with Gasteiger partial charge in [0, 0.05) is 40.8 Å². The van der Waals surface area contributed by atoms with Crippen LogP contribution in [-0.2, 0) is 14.4 Å². The summed E-state index contributed by atoms with van der Waals surface area (Å²) in [5.74, 6) is -2.31. The number of halogens is 2. The van der Waals surface area contributed by atoms with Gasteiger partial charge in [0.05, 0.1) is 10.6 Å². The molecule has 0 aromatic carbocycles. The average Bonchev–Trinajstić information content (AvgIpc) is 2.78. The highest BCUT2D eigenvalue weighted by Gasteiger charge is 2.25. The Hall–Kier alpha value is -2.42. The summed E-state index contributed by atoms with van der Waals surface area (Å²) in [5.41, 5.74) is 0.577. The van der Waals surface area contributed by atoms with Crippen LogP contribution in [0, 0.1) is 0 Å². The monoisotopic (exact) mass is 529 g/mol. The summed E-state index contributed by atoms with van der Waals surface area (Å²) in [4.78, 5) is 39.5. The third kappa shape index (κ3) is 10.2. The Morgan fingerprint density at radius 1 is 1.15 bits per heavy atom. The van der Waals surface area contributed by atoms with Crippen molar-refractivity contribution < 1.29 is 19.5 Å². The van der Waals surface area contributed by atoms with Crippen molar-refractivity contribution in [3.63, 3.8) is 0 Å². The first-order chi connectivity index (χ1) is 15.9. The SMILES string of the molecule is C=C(NCC(NC(=O)C(/C(Cl)=C\C(=C\C)C(=O)N(CC)CC)=C(/C)Cl)C(=O)O)C(=C)S/C=C\C. The van der Waals surface area contributed by atoms with Crippen LogP contribution in [0.2, 0.25) is 0 Å². The van der Waals surface area contributed by atoms with Crippen LogP contribution in [0.4, 0.5) is 0 Å². The van der Waals surface area contributed by atoms with Crippen LogP contribution in [0.15, 0.2) is 68.6 Å². The van der Waals surface area contributed by atoms with Gasteiger partial charge in [-0.15, -0.1) is 0 Å². The van der Waals surface area contributed by atoms with Gasteiger partial charge in [0.2, 0.25) is 0 Å². The fourth-order valence-corrected chi connectivity index (χ4v) is 3.67. The first-order valence-electron chi connectivity index (χ1n) is 10.6. The second kappa shape index (κ2) is 16.2. The molecule has 1 unspecified atom stereocenters. The number of carbonyl (C=O) groups excluding carboxylic acids is 2. The zero-order valence-corrected chi connectivity index (χ0v) is 22.5. The Balaban J connectivity index is 5.65. The molecule has 3 N–H and O–H groups in total. The molecule has 0 heterocycles. The smallest absolute Gasteiger partial charge is 0.328 e. The zero-order chi connectivity index (χ0) is 26.4. The van der Waals surface area contributed by atoms with E-state index in [0.29, 0.717) is 23.7 Å². The summed E-state index contributed by atoms with van der Waals surface area (Å²) in [6.07, 6.45) is 4.76. The molecule has 0 saturated carbocycles. The van der Waals surface area contributed by atoms with Crippen LogP contribution in [0.1, 0.15) is 34.6 Å². The van der Waals surface area contributed by atoms with Crippen LogP contribution < -0.4 is 10.6 Å². The number of likely N-dealkylation sites (N-methyl/N-ethyl adjacent to an activating group) is 1. The van der Waals surface area contributed by atoms with Crippen molar-refractivity contribution in [3.8, 4) is 0 Å². The third-order valence-electron chi connectivity index (χ3n) is 4.51. The number of nitrogens with zero attached hydrogens (tertiary/aromatic N) is 1. The van der Waals surface area contributed by atoms with Crippen molar-refractivity contribution in [3.05, 3.63) is 68.6 Å². The minimum Gasteiger partial charge on any atom is -0.480 e. The van der Waals surface area contributed by atoms with E-state index in [2.05, 4.69) is 23.8 Å². The van der Waals surface area contributed by atoms with Crippen molar-refractivity contribution in [1.29, 1.82) is 0 Å². The molecular formula is C24H33Cl2N3O4S. The molecular weight excluding hydrogens is 497 g/mol. The predicted molar refractivity (Wildman–Crippen MR) is 142 cm³/mol. The molecule has 0 aliphatic rings. The molecule has 0 aliphatic carbocycles. The molecule has 34 heavy (non-hydrogen) atoms. The lowest BCUT2D eigenvalue weighted by Crippen LogP contribution is -2.47. The van der Waals surface area contributed by atoms with Gasteiger partial charge in [0.25, 0.3) is 11.8 Å². The molecule has 10 heteroatoms. The molecule has 0 fully saturated rings. The Kier molecular flexibility index (Phi) is 15.1. The summed E-state index contributed by atoms with van der Waals surface area (Å²) >= 11 is 13.8. The Morgan fingerprint density at radius 3 is 2.18 bits per heavy atom. The van der Waals surface area contributed by atoms with Gasteiger partial charge in [0.15, 0.2) is 0 Å². The summed E-state index contributed by atoms with van der Waals surface area (Å²) in [6.45, 7) is 17.2. The quantitative estimate of drug-likeness (QED) is 0.219. The van der Waals surface area contributed by atoms with E-state index >= 15 is 0 Å². The average molecular weight is 531 g/mol. The van der Waals surface area contributed by atoms with E-state index in [-0.39, 0.29) is 33.7 Å². The first-order valence-corrected chi connectivity index (χ1v) is 12.2. The molecule has 7 nitrogen and oxygen atoms in total. The summed E-state index contributed by atoms with van der Waals surface area (Å²) < 4.78 is 0. The number of hydrogen-bond acceptors (Lipinski definition) is 5. The molecule has 0 bridgehead atoms. The van der Waals surface area contributed by atoms with E-state index in [0.717, 1.165) is 0 Å². The maximum absolute atomic E-state index is 12.9. The van der Waals surface area contributed by atoms with Crippen molar-refractivity contribution >= 4 is 52.7 Å². The number of carboxylic acid groups (broad SMARTS) is 1. The predicted octanol–water partition coefficient (Wildman–Crippen LogP) is 4.89. The number of allylic oxidation sites excluding steroid dienone is 3. The van der Waals surface area contributed by atoms with Gasteiger partial charge < -0.3 is 20.6 Å². The maximum Gasteiger partial charge on any atom is 0.328 e. The molecule has 0 rings (SSSR count). The van der Waals surface area contributed by atoms with E-state index in [1.807, 2.05) is 32.3 Å². The lowest BCUT2D eigenvalue weighted by Gasteiger charge is -2.20. The molecule has 188 valence electrons. The van der Waals surface area contributed by atoms with Gasteiger partial charge in [-0.2, -0.15) is 0 Å². The molecule has 0 radical (unpaired) electrons.